The number of anilines is 1. The van der Waals surface area contributed by atoms with Gasteiger partial charge in [0, 0.05) is 23.5 Å². The maximum absolute atomic E-state index is 13.5. The van der Waals surface area contributed by atoms with Crippen molar-refractivity contribution >= 4 is 17.7 Å². The van der Waals surface area contributed by atoms with Crippen LogP contribution in [-0.4, -0.2) is 54.5 Å². The molecule has 2 fully saturated rings. The maximum Gasteiger partial charge on any atom is 0.412 e. The van der Waals surface area contributed by atoms with Crippen molar-refractivity contribution in [3.63, 3.8) is 0 Å². The largest absolute Gasteiger partial charge is 0.493 e. The van der Waals surface area contributed by atoms with Crippen LogP contribution in [0.5, 0.6) is 11.5 Å². The van der Waals surface area contributed by atoms with E-state index in [1.807, 2.05) is 24.3 Å². The molecule has 0 aromatic heterocycles. The van der Waals surface area contributed by atoms with Gasteiger partial charge < -0.3 is 19.9 Å². The first-order valence-electron chi connectivity index (χ1n) is 13.5. The van der Waals surface area contributed by atoms with Gasteiger partial charge in [0.05, 0.1) is 19.3 Å². The summed E-state index contributed by atoms with van der Waals surface area (Å²) in [4.78, 5) is 27.0. The molecule has 1 atom stereocenters. The average molecular weight is 521 g/mol. The minimum absolute atomic E-state index is 0.118. The number of carbonyl (C=O) groups is 2. The molecule has 1 aliphatic carbocycles. The Balaban J connectivity index is 1.32. The fourth-order valence-electron chi connectivity index (χ4n) is 5.56. The normalized spacial score (nSPS) is 20.3. The summed E-state index contributed by atoms with van der Waals surface area (Å²) in [5.41, 5.74) is 5.25. The summed E-state index contributed by atoms with van der Waals surface area (Å²) in [7, 11) is 1.64. The number of carbonyl (C=O) groups excluding carboxylic acids is 1. The van der Waals surface area contributed by atoms with Crippen molar-refractivity contribution in [2.24, 2.45) is 0 Å². The van der Waals surface area contributed by atoms with E-state index in [1.54, 1.807) is 37.6 Å². The number of ether oxygens (including phenoxy) is 2. The fourth-order valence-corrected chi connectivity index (χ4v) is 5.56. The number of piperidine rings is 1. The second kappa shape index (κ2) is 11.9. The Morgan fingerprint density at radius 2 is 1.82 bits per heavy atom. The van der Waals surface area contributed by atoms with Crippen molar-refractivity contribution in [1.82, 2.24) is 15.8 Å². The molecule has 2 aliphatic heterocycles. The topological polar surface area (TPSA) is 103 Å². The third-order valence-corrected chi connectivity index (χ3v) is 7.58. The van der Waals surface area contributed by atoms with Gasteiger partial charge in [-0.2, -0.15) is 0 Å². The van der Waals surface area contributed by atoms with E-state index in [0.29, 0.717) is 23.4 Å². The van der Waals surface area contributed by atoms with Gasteiger partial charge in [-0.05, 0) is 93.9 Å². The third kappa shape index (κ3) is 5.79. The number of nitrogens with one attached hydrogen (secondary N) is 2. The van der Waals surface area contributed by atoms with Crippen LogP contribution in [0, 0.1) is 0 Å². The molecular weight excluding hydrogens is 484 g/mol. The van der Waals surface area contributed by atoms with Crippen molar-refractivity contribution in [1.29, 1.82) is 0 Å². The van der Waals surface area contributed by atoms with E-state index >= 15 is 0 Å². The molecule has 9 heteroatoms. The first-order valence-corrected chi connectivity index (χ1v) is 13.5. The standard InChI is InChI=1S/C29H36N4O5/c1-37-26-12-11-20(19-27(26)38-24-8-2-3-9-24)25-10-5-17-32(31-25)28(34)21-6-4-7-23(18-21)33(29(35)36)22-13-15-30-16-14-22/h4-7,11-12,17-19,22,24-25,30-31H,2-3,8-10,13-16H2,1H3,(H,35,36). The van der Waals surface area contributed by atoms with Crippen LogP contribution in [0.3, 0.4) is 0 Å². The molecule has 1 saturated carbocycles. The van der Waals surface area contributed by atoms with Gasteiger partial charge >= 0.3 is 6.09 Å². The van der Waals surface area contributed by atoms with E-state index in [1.165, 1.54) is 22.8 Å². The van der Waals surface area contributed by atoms with E-state index in [4.69, 9.17) is 9.47 Å². The lowest BCUT2D eigenvalue weighted by Crippen LogP contribution is -2.46. The summed E-state index contributed by atoms with van der Waals surface area (Å²) >= 11 is 0. The number of hydrazine groups is 1. The number of benzene rings is 2. The Morgan fingerprint density at radius 1 is 1.03 bits per heavy atom. The van der Waals surface area contributed by atoms with Crippen LogP contribution in [0.25, 0.3) is 0 Å². The average Bonchev–Trinajstić information content (AvgIpc) is 3.46. The van der Waals surface area contributed by atoms with Crippen LogP contribution in [0.15, 0.2) is 54.7 Å². The van der Waals surface area contributed by atoms with Gasteiger partial charge in [0.1, 0.15) is 0 Å². The van der Waals surface area contributed by atoms with Gasteiger partial charge in [-0.25, -0.2) is 15.2 Å². The summed E-state index contributed by atoms with van der Waals surface area (Å²) in [6, 6.07) is 12.5. The first kappa shape index (κ1) is 26.1. The first-order chi connectivity index (χ1) is 18.5. The van der Waals surface area contributed by atoms with Gasteiger partial charge in [0.2, 0.25) is 0 Å². The molecule has 0 spiro atoms. The molecule has 1 saturated heterocycles. The molecular formula is C29H36N4O5. The monoisotopic (exact) mass is 520 g/mol. The van der Waals surface area contributed by atoms with E-state index < -0.39 is 6.09 Å². The Morgan fingerprint density at radius 3 is 2.55 bits per heavy atom. The highest BCUT2D eigenvalue weighted by Crippen LogP contribution is 2.35. The molecule has 9 nitrogen and oxygen atoms in total. The Labute approximate surface area is 223 Å². The van der Waals surface area contributed by atoms with Gasteiger partial charge in [-0.1, -0.05) is 18.2 Å². The van der Waals surface area contributed by atoms with Crippen LogP contribution in [0.4, 0.5) is 10.5 Å². The molecule has 2 aromatic carbocycles. The van der Waals surface area contributed by atoms with Crippen LogP contribution >= 0.6 is 0 Å². The zero-order chi connectivity index (χ0) is 26.5. The fraction of sp³-hybridized carbons (Fsp3) is 0.448. The Kier molecular flexibility index (Phi) is 8.14. The van der Waals surface area contributed by atoms with Gasteiger partial charge in [-0.3, -0.25) is 9.69 Å². The maximum atomic E-state index is 13.5. The van der Waals surface area contributed by atoms with E-state index in [-0.39, 0.29) is 24.1 Å². The zero-order valence-corrected chi connectivity index (χ0v) is 21.8. The summed E-state index contributed by atoms with van der Waals surface area (Å²) in [5.74, 6) is 1.18. The predicted octanol–water partition coefficient (Wildman–Crippen LogP) is 4.86. The minimum atomic E-state index is -1.01. The molecule has 3 aliphatic rings. The van der Waals surface area contributed by atoms with Crippen LogP contribution in [-0.2, 0) is 0 Å². The van der Waals surface area contributed by atoms with E-state index in [9.17, 15) is 14.7 Å². The Hall–Kier alpha value is -3.56. The Bertz CT molecular complexity index is 1170. The molecule has 2 heterocycles. The van der Waals surface area contributed by atoms with Crippen molar-refractivity contribution in [2.45, 2.75) is 63.1 Å². The summed E-state index contributed by atoms with van der Waals surface area (Å²) < 4.78 is 11.8. The molecule has 2 aromatic rings. The van der Waals surface area contributed by atoms with Crippen LogP contribution in [0.2, 0.25) is 0 Å². The van der Waals surface area contributed by atoms with Crippen LogP contribution < -0.4 is 25.1 Å². The van der Waals surface area contributed by atoms with Gasteiger partial charge in [0.15, 0.2) is 11.5 Å². The van der Waals surface area contributed by atoms with Crippen molar-refractivity contribution in [3.8, 4) is 11.5 Å². The molecule has 0 radical (unpaired) electrons. The summed E-state index contributed by atoms with van der Waals surface area (Å²) in [6.07, 6.45) is 9.54. The SMILES string of the molecule is COc1ccc(C2CC=CN(C(=O)c3cccc(N(C(=O)O)C4CCNCC4)c3)N2)cc1OC1CCCC1. The van der Waals surface area contributed by atoms with E-state index in [0.717, 1.165) is 50.1 Å². The number of methoxy groups -OCH3 is 1. The van der Waals surface area contributed by atoms with Crippen molar-refractivity contribution in [3.05, 3.63) is 65.9 Å². The number of carboxylic acid groups (broad SMARTS) is 1. The van der Waals surface area contributed by atoms with Crippen molar-refractivity contribution in [2.75, 3.05) is 25.1 Å². The lowest BCUT2D eigenvalue weighted by Gasteiger charge is -2.33. The smallest absolute Gasteiger partial charge is 0.412 e. The molecule has 202 valence electrons. The molecule has 5 rings (SSSR count). The second-order valence-corrected chi connectivity index (χ2v) is 10.1. The second-order valence-electron chi connectivity index (χ2n) is 10.1. The van der Waals surface area contributed by atoms with Crippen LogP contribution in [0.1, 0.15) is 66.9 Å². The number of rotatable bonds is 7. The lowest BCUT2D eigenvalue weighted by atomic mass is 10.0. The molecule has 1 unspecified atom stereocenters. The minimum Gasteiger partial charge on any atom is -0.493 e. The molecule has 38 heavy (non-hydrogen) atoms. The quantitative estimate of drug-likeness (QED) is 0.479. The highest BCUT2D eigenvalue weighted by molar-refractivity contribution is 5.97. The third-order valence-electron chi connectivity index (χ3n) is 7.58. The van der Waals surface area contributed by atoms with Crippen molar-refractivity contribution < 1.29 is 24.2 Å². The zero-order valence-electron chi connectivity index (χ0n) is 21.8. The molecule has 2 amide bonds. The van der Waals surface area contributed by atoms with Gasteiger partial charge in [0.25, 0.3) is 5.91 Å². The van der Waals surface area contributed by atoms with E-state index in [2.05, 4.69) is 10.7 Å². The van der Waals surface area contributed by atoms with Gasteiger partial charge in [-0.15, -0.1) is 0 Å². The summed E-state index contributed by atoms with van der Waals surface area (Å²) in [6.45, 7) is 1.55. The lowest BCUT2D eigenvalue weighted by molar-refractivity contribution is 0.0713. The number of amides is 2. The molecule has 3 N–H and O–H groups in total. The number of nitrogens with zero attached hydrogens (tertiary/aromatic N) is 2. The molecule has 0 bridgehead atoms. The summed E-state index contributed by atoms with van der Waals surface area (Å²) in [5, 5.41) is 14.7. The number of hydrogen-bond donors (Lipinski definition) is 3. The number of hydrogen-bond acceptors (Lipinski definition) is 6. The highest BCUT2D eigenvalue weighted by Gasteiger charge is 2.28. The highest BCUT2D eigenvalue weighted by atomic mass is 16.5. The predicted molar refractivity (Wildman–Crippen MR) is 145 cm³/mol.